The van der Waals surface area contributed by atoms with Gasteiger partial charge in [0.1, 0.15) is 0 Å². The molecule has 0 bridgehead atoms. The number of carbonyl (C=O) groups excluding carboxylic acids is 1. The molecular weight excluding hydrogens is 216 g/mol. The average Bonchev–Trinajstić information content (AvgIpc) is 2.15. The lowest BCUT2D eigenvalue weighted by molar-refractivity contribution is -0.114. The van der Waals surface area contributed by atoms with Crippen molar-refractivity contribution in [3.05, 3.63) is 24.3 Å². The van der Waals surface area contributed by atoms with Crippen molar-refractivity contribution in [2.24, 2.45) is 0 Å². The number of carbonyl (C=O) groups is 1. The van der Waals surface area contributed by atoms with Gasteiger partial charge in [-0.2, -0.15) is 0 Å². The maximum Gasteiger partial charge on any atom is 0.221 e. The summed E-state index contributed by atoms with van der Waals surface area (Å²) in [5, 5.41) is 15.7. The van der Waals surface area contributed by atoms with Crippen LogP contribution < -0.4 is 10.6 Å². The zero-order valence-electron chi connectivity index (χ0n) is 10.7. The third kappa shape index (κ3) is 4.44. The van der Waals surface area contributed by atoms with Crippen LogP contribution in [0.2, 0.25) is 0 Å². The van der Waals surface area contributed by atoms with Crippen LogP contribution in [0.4, 0.5) is 11.4 Å². The standard InChI is InChI=1S/C13H20N2O2/c1-9(13(3,4)17)14-11-6-5-7-12(8-11)15-10(2)16/h5-9,14,17H,1-4H3,(H,15,16). The highest BCUT2D eigenvalue weighted by molar-refractivity contribution is 5.89. The van der Waals surface area contributed by atoms with Gasteiger partial charge < -0.3 is 15.7 Å². The van der Waals surface area contributed by atoms with E-state index in [1.165, 1.54) is 6.92 Å². The van der Waals surface area contributed by atoms with Gasteiger partial charge in [0.25, 0.3) is 0 Å². The first-order valence-electron chi connectivity index (χ1n) is 5.65. The van der Waals surface area contributed by atoms with Crippen LogP contribution in [-0.4, -0.2) is 22.7 Å². The number of hydrogen-bond acceptors (Lipinski definition) is 3. The Kier molecular flexibility index (Phi) is 4.12. The fourth-order valence-corrected chi connectivity index (χ4v) is 1.32. The number of nitrogens with one attached hydrogen (secondary N) is 2. The van der Waals surface area contributed by atoms with E-state index in [-0.39, 0.29) is 11.9 Å². The summed E-state index contributed by atoms with van der Waals surface area (Å²) in [6, 6.07) is 7.32. The maximum atomic E-state index is 10.9. The number of amides is 1. The first kappa shape index (κ1) is 13.5. The van der Waals surface area contributed by atoms with E-state index in [1.54, 1.807) is 13.8 Å². The molecule has 4 nitrogen and oxygen atoms in total. The molecule has 0 saturated heterocycles. The molecule has 0 aliphatic rings. The number of aliphatic hydroxyl groups is 1. The Bertz CT molecular complexity index is 397. The molecule has 0 radical (unpaired) electrons. The number of hydrogen-bond donors (Lipinski definition) is 3. The van der Waals surface area contributed by atoms with Crippen LogP contribution in [0.3, 0.4) is 0 Å². The lowest BCUT2D eigenvalue weighted by Crippen LogP contribution is -2.39. The van der Waals surface area contributed by atoms with Crippen LogP contribution in [0.25, 0.3) is 0 Å². The number of benzene rings is 1. The summed E-state index contributed by atoms with van der Waals surface area (Å²) < 4.78 is 0. The molecule has 4 heteroatoms. The minimum atomic E-state index is -0.802. The van der Waals surface area contributed by atoms with Gasteiger partial charge in [-0.3, -0.25) is 4.79 Å². The number of rotatable bonds is 4. The second-order valence-electron chi connectivity index (χ2n) is 4.78. The summed E-state index contributed by atoms with van der Waals surface area (Å²) >= 11 is 0. The van der Waals surface area contributed by atoms with E-state index >= 15 is 0 Å². The molecule has 0 fully saturated rings. The van der Waals surface area contributed by atoms with Gasteiger partial charge >= 0.3 is 0 Å². The minimum Gasteiger partial charge on any atom is -0.388 e. The monoisotopic (exact) mass is 236 g/mol. The lowest BCUT2D eigenvalue weighted by Gasteiger charge is -2.27. The molecule has 1 amide bonds. The zero-order chi connectivity index (χ0) is 13.1. The van der Waals surface area contributed by atoms with Crippen LogP contribution in [0, 0.1) is 0 Å². The third-order valence-corrected chi connectivity index (χ3v) is 2.63. The Hall–Kier alpha value is -1.55. The maximum absolute atomic E-state index is 10.9. The predicted octanol–water partition coefficient (Wildman–Crippen LogP) is 2.22. The van der Waals surface area contributed by atoms with E-state index in [0.29, 0.717) is 0 Å². The van der Waals surface area contributed by atoms with Gasteiger partial charge in [-0.1, -0.05) is 6.07 Å². The second kappa shape index (κ2) is 5.19. The normalized spacial score (nSPS) is 13.0. The van der Waals surface area contributed by atoms with Gasteiger partial charge in [0.05, 0.1) is 11.6 Å². The first-order chi connectivity index (χ1) is 7.79. The van der Waals surface area contributed by atoms with E-state index in [1.807, 2.05) is 31.2 Å². The lowest BCUT2D eigenvalue weighted by atomic mass is 10.0. The van der Waals surface area contributed by atoms with Crippen LogP contribution in [0.15, 0.2) is 24.3 Å². The molecule has 1 rings (SSSR count). The van der Waals surface area contributed by atoms with Gasteiger partial charge in [0, 0.05) is 18.3 Å². The van der Waals surface area contributed by atoms with Crippen molar-refractivity contribution in [3.8, 4) is 0 Å². The van der Waals surface area contributed by atoms with Gasteiger partial charge in [0.2, 0.25) is 5.91 Å². The van der Waals surface area contributed by atoms with Crippen LogP contribution in [-0.2, 0) is 4.79 Å². The van der Waals surface area contributed by atoms with E-state index in [9.17, 15) is 9.90 Å². The first-order valence-corrected chi connectivity index (χ1v) is 5.65. The molecule has 0 saturated carbocycles. The third-order valence-electron chi connectivity index (χ3n) is 2.63. The highest BCUT2D eigenvalue weighted by Crippen LogP contribution is 2.19. The Morgan fingerprint density at radius 2 is 1.94 bits per heavy atom. The fourth-order valence-electron chi connectivity index (χ4n) is 1.32. The topological polar surface area (TPSA) is 61.4 Å². The molecular formula is C13H20N2O2. The summed E-state index contributed by atoms with van der Waals surface area (Å²) in [5.74, 6) is -0.0994. The molecule has 1 atom stereocenters. The van der Waals surface area contributed by atoms with Crippen molar-refractivity contribution in [2.45, 2.75) is 39.3 Å². The Labute approximate surface area is 102 Å². The molecule has 1 aromatic rings. The Morgan fingerprint density at radius 1 is 1.35 bits per heavy atom. The van der Waals surface area contributed by atoms with Crippen molar-refractivity contribution in [1.82, 2.24) is 0 Å². The van der Waals surface area contributed by atoms with Gasteiger partial charge in [0.15, 0.2) is 0 Å². The van der Waals surface area contributed by atoms with Crippen molar-refractivity contribution in [3.63, 3.8) is 0 Å². The molecule has 0 spiro atoms. The van der Waals surface area contributed by atoms with Gasteiger partial charge in [-0.15, -0.1) is 0 Å². The van der Waals surface area contributed by atoms with E-state index in [4.69, 9.17) is 0 Å². The highest BCUT2D eigenvalue weighted by Gasteiger charge is 2.21. The smallest absolute Gasteiger partial charge is 0.221 e. The zero-order valence-corrected chi connectivity index (χ0v) is 10.7. The quantitative estimate of drug-likeness (QED) is 0.751. The Morgan fingerprint density at radius 3 is 2.47 bits per heavy atom. The van der Waals surface area contributed by atoms with Crippen LogP contribution in [0.1, 0.15) is 27.7 Å². The van der Waals surface area contributed by atoms with Gasteiger partial charge in [-0.05, 0) is 39.0 Å². The highest BCUT2D eigenvalue weighted by atomic mass is 16.3. The molecule has 1 unspecified atom stereocenters. The van der Waals surface area contributed by atoms with Gasteiger partial charge in [-0.25, -0.2) is 0 Å². The molecule has 0 aliphatic carbocycles. The van der Waals surface area contributed by atoms with Crippen molar-refractivity contribution in [2.75, 3.05) is 10.6 Å². The summed E-state index contributed by atoms with van der Waals surface area (Å²) in [5.41, 5.74) is 0.806. The van der Waals surface area contributed by atoms with E-state index < -0.39 is 5.60 Å². The summed E-state index contributed by atoms with van der Waals surface area (Å²) in [6.45, 7) is 6.88. The molecule has 94 valence electrons. The van der Waals surface area contributed by atoms with Crippen molar-refractivity contribution >= 4 is 17.3 Å². The summed E-state index contributed by atoms with van der Waals surface area (Å²) in [4.78, 5) is 10.9. The average molecular weight is 236 g/mol. The fraction of sp³-hybridized carbons (Fsp3) is 0.462. The second-order valence-corrected chi connectivity index (χ2v) is 4.78. The predicted molar refractivity (Wildman–Crippen MR) is 70.1 cm³/mol. The van der Waals surface area contributed by atoms with Crippen molar-refractivity contribution in [1.29, 1.82) is 0 Å². The molecule has 0 aromatic heterocycles. The summed E-state index contributed by atoms with van der Waals surface area (Å²) in [6.07, 6.45) is 0. The SMILES string of the molecule is CC(=O)Nc1cccc(NC(C)C(C)(C)O)c1. The molecule has 17 heavy (non-hydrogen) atoms. The number of anilines is 2. The van der Waals surface area contributed by atoms with Crippen LogP contribution >= 0.6 is 0 Å². The van der Waals surface area contributed by atoms with Crippen LogP contribution in [0.5, 0.6) is 0 Å². The summed E-state index contributed by atoms with van der Waals surface area (Å²) in [7, 11) is 0. The molecule has 0 heterocycles. The minimum absolute atomic E-state index is 0.0879. The largest absolute Gasteiger partial charge is 0.388 e. The molecule has 1 aromatic carbocycles. The molecule has 3 N–H and O–H groups in total. The van der Waals surface area contributed by atoms with E-state index in [2.05, 4.69) is 10.6 Å². The molecule has 0 aliphatic heterocycles. The Balaban J connectivity index is 2.75. The van der Waals surface area contributed by atoms with E-state index in [0.717, 1.165) is 11.4 Å². The van der Waals surface area contributed by atoms with Crippen molar-refractivity contribution < 1.29 is 9.90 Å².